The zero-order valence-corrected chi connectivity index (χ0v) is 20.2. The number of esters is 1. The van der Waals surface area contributed by atoms with E-state index < -0.39 is 5.97 Å². The van der Waals surface area contributed by atoms with Crippen LogP contribution in [0.2, 0.25) is 0 Å². The van der Waals surface area contributed by atoms with Crippen molar-refractivity contribution < 1.29 is 9.53 Å². The van der Waals surface area contributed by atoms with Gasteiger partial charge in [0.05, 0.1) is 24.1 Å². The van der Waals surface area contributed by atoms with Crippen molar-refractivity contribution in [3.63, 3.8) is 0 Å². The van der Waals surface area contributed by atoms with Gasteiger partial charge in [-0.05, 0) is 55.2 Å². The first kappa shape index (κ1) is 25.9. The number of rotatable bonds is 12. The molecule has 7 heteroatoms. The average molecular weight is 452 g/mol. The van der Waals surface area contributed by atoms with Crippen LogP contribution in [0.25, 0.3) is 5.57 Å². The molecule has 0 radical (unpaired) electrons. The number of benzene rings is 1. The van der Waals surface area contributed by atoms with Crippen LogP contribution in [0.1, 0.15) is 32.3 Å². The van der Waals surface area contributed by atoms with E-state index in [1.807, 2.05) is 24.3 Å². The molecule has 1 fully saturated rings. The predicted molar refractivity (Wildman–Crippen MR) is 137 cm³/mol. The van der Waals surface area contributed by atoms with Crippen molar-refractivity contribution in [1.82, 2.24) is 10.6 Å². The van der Waals surface area contributed by atoms with Gasteiger partial charge in [0.1, 0.15) is 0 Å². The molecule has 178 valence electrons. The van der Waals surface area contributed by atoms with Crippen LogP contribution < -0.4 is 22.1 Å². The van der Waals surface area contributed by atoms with Gasteiger partial charge in [0, 0.05) is 43.5 Å². The summed E-state index contributed by atoms with van der Waals surface area (Å²) in [6.45, 7) is 10.0. The summed E-state index contributed by atoms with van der Waals surface area (Å²) in [6, 6.07) is 7.88. The van der Waals surface area contributed by atoms with Crippen LogP contribution in [0.3, 0.4) is 0 Å². The summed E-state index contributed by atoms with van der Waals surface area (Å²) in [7, 11) is 3.13. The van der Waals surface area contributed by atoms with E-state index in [4.69, 9.17) is 21.2 Å². The third kappa shape index (κ3) is 7.36. The fraction of sp³-hybridized carbons (Fsp3) is 0.385. The highest BCUT2D eigenvalue weighted by atomic mass is 16.5. The van der Waals surface area contributed by atoms with Gasteiger partial charge < -0.3 is 26.8 Å². The van der Waals surface area contributed by atoms with Crippen LogP contribution in [0.5, 0.6) is 0 Å². The molecule has 2 atom stereocenters. The summed E-state index contributed by atoms with van der Waals surface area (Å²) in [5.41, 5.74) is 17.4. The van der Waals surface area contributed by atoms with Gasteiger partial charge in [-0.2, -0.15) is 0 Å². The Bertz CT molecular complexity index is 975. The second-order valence-corrected chi connectivity index (χ2v) is 8.16. The van der Waals surface area contributed by atoms with Crippen molar-refractivity contribution in [3.05, 3.63) is 71.7 Å². The summed E-state index contributed by atoms with van der Waals surface area (Å²) in [5.74, 6) is -0.422. The normalized spacial score (nSPS) is 19.3. The summed E-state index contributed by atoms with van der Waals surface area (Å²) in [4.78, 5) is 17.2. The molecule has 1 aliphatic carbocycles. The molecule has 7 nitrogen and oxygen atoms in total. The minimum Gasteiger partial charge on any atom is -0.465 e. The largest absolute Gasteiger partial charge is 0.465 e. The number of hydrogen-bond acceptors (Lipinski definition) is 7. The number of carbonyl (C=O) groups excluding carboxylic acids is 1. The van der Waals surface area contributed by atoms with Gasteiger partial charge in [-0.1, -0.05) is 31.7 Å². The second-order valence-electron chi connectivity index (χ2n) is 8.16. The molecule has 1 aromatic carbocycles. The Morgan fingerprint density at radius 1 is 1.36 bits per heavy atom. The first-order chi connectivity index (χ1) is 15.9. The average Bonchev–Trinajstić information content (AvgIpc) is 3.60. The Hall–Kier alpha value is -3.32. The van der Waals surface area contributed by atoms with Crippen molar-refractivity contribution in [2.75, 3.05) is 27.2 Å². The van der Waals surface area contributed by atoms with Crippen LogP contribution in [0, 0.1) is 11.8 Å². The monoisotopic (exact) mass is 451 g/mol. The number of hydrogen-bond donors (Lipinski definition) is 4. The maximum Gasteiger partial charge on any atom is 0.341 e. The number of methoxy groups -OCH3 is 1. The lowest BCUT2D eigenvalue weighted by Crippen LogP contribution is -2.19. The lowest BCUT2D eigenvalue weighted by molar-refractivity contribution is -0.135. The number of carbonyl (C=O) groups is 1. The van der Waals surface area contributed by atoms with Gasteiger partial charge in [0.15, 0.2) is 0 Å². The number of aliphatic imine (C=N–C) groups is 1. The van der Waals surface area contributed by atoms with Crippen LogP contribution >= 0.6 is 0 Å². The van der Waals surface area contributed by atoms with E-state index in [1.165, 1.54) is 13.3 Å². The van der Waals surface area contributed by atoms with Crippen LogP contribution in [-0.2, 0) is 9.53 Å². The Labute approximate surface area is 197 Å². The van der Waals surface area contributed by atoms with E-state index in [0.717, 1.165) is 54.0 Å². The quantitative estimate of drug-likeness (QED) is 0.127. The number of ether oxygens (including phenoxy) is 1. The van der Waals surface area contributed by atoms with Crippen molar-refractivity contribution in [3.8, 4) is 0 Å². The maximum atomic E-state index is 12.4. The SMILES string of the molecule is C=C(/C=C(\C)c1cccc(N=C(C(=CN)C(=O)OC)[C@@H]2CC2/C(N)=C/NC)c1)CNCCC. The molecule has 0 aliphatic heterocycles. The molecular formula is C26H37N5O2. The minimum atomic E-state index is -0.513. The minimum absolute atomic E-state index is 0.00628. The number of allylic oxidation sites excluding steroid dienone is 2. The van der Waals surface area contributed by atoms with Crippen LogP contribution in [-0.4, -0.2) is 38.9 Å². The predicted octanol–water partition coefficient (Wildman–Crippen LogP) is 3.39. The van der Waals surface area contributed by atoms with E-state index in [1.54, 1.807) is 13.2 Å². The molecule has 0 spiro atoms. The zero-order chi connectivity index (χ0) is 24.4. The third-order valence-electron chi connectivity index (χ3n) is 5.48. The molecule has 0 saturated heterocycles. The second kappa shape index (κ2) is 12.6. The molecule has 1 aliphatic rings. The Balaban J connectivity index is 2.36. The van der Waals surface area contributed by atoms with Crippen molar-refractivity contribution >= 4 is 22.9 Å². The molecule has 33 heavy (non-hydrogen) atoms. The Morgan fingerprint density at radius 2 is 2.12 bits per heavy atom. The van der Waals surface area contributed by atoms with Gasteiger partial charge >= 0.3 is 5.97 Å². The summed E-state index contributed by atoms with van der Waals surface area (Å²) < 4.78 is 4.94. The summed E-state index contributed by atoms with van der Waals surface area (Å²) in [5, 5.41) is 6.31. The highest BCUT2D eigenvalue weighted by Crippen LogP contribution is 2.45. The van der Waals surface area contributed by atoms with Gasteiger partial charge in [-0.3, -0.25) is 4.99 Å². The van der Waals surface area contributed by atoms with Gasteiger partial charge in [0.2, 0.25) is 0 Å². The van der Waals surface area contributed by atoms with E-state index in [-0.39, 0.29) is 17.4 Å². The molecule has 0 aromatic heterocycles. The molecular weight excluding hydrogens is 414 g/mol. The zero-order valence-electron chi connectivity index (χ0n) is 20.2. The Morgan fingerprint density at radius 3 is 2.76 bits per heavy atom. The Kier molecular flexibility index (Phi) is 9.94. The van der Waals surface area contributed by atoms with E-state index in [0.29, 0.717) is 5.71 Å². The molecule has 1 saturated carbocycles. The molecule has 2 rings (SSSR count). The van der Waals surface area contributed by atoms with Crippen LogP contribution in [0.4, 0.5) is 5.69 Å². The van der Waals surface area contributed by atoms with E-state index >= 15 is 0 Å². The first-order valence-corrected chi connectivity index (χ1v) is 11.2. The summed E-state index contributed by atoms with van der Waals surface area (Å²) in [6.07, 6.45) is 6.98. The molecule has 1 aromatic rings. The summed E-state index contributed by atoms with van der Waals surface area (Å²) >= 11 is 0. The van der Waals surface area contributed by atoms with Crippen molar-refractivity contribution in [2.24, 2.45) is 28.3 Å². The standard InChI is InChI=1S/C26H37N5O2/c1-6-10-30-15-17(2)11-18(3)19-8-7-9-20(12-19)31-25(23(14-27)26(32)33-5)22-13-21(22)24(28)16-29-4/h7-9,11-12,14,16,21-22,29-30H,2,6,10,13,15,27-28H2,1,3-5H3/b18-11+,23-14?,24-16-,31-25?/t21?,22-/m1/s1. The van der Waals surface area contributed by atoms with Gasteiger partial charge in [0.25, 0.3) is 0 Å². The molecule has 0 bridgehead atoms. The molecule has 0 amide bonds. The third-order valence-corrected chi connectivity index (χ3v) is 5.48. The number of nitrogens with one attached hydrogen (secondary N) is 2. The van der Waals surface area contributed by atoms with Crippen molar-refractivity contribution in [2.45, 2.75) is 26.7 Å². The van der Waals surface area contributed by atoms with Crippen molar-refractivity contribution in [1.29, 1.82) is 0 Å². The smallest absolute Gasteiger partial charge is 0.341 e. The topological polar surface area (TPSA) is 115 Å². The lowest BCUT2D eigenvalue weighted by Gasteiger charge is -2.11. The van der Waals surface area contributed by atoms with Crippen LogP contribution in [0.15, 0.2) is 71.2 Å². The fourth-order valence-corrected chi connectivity index (χ4v) is 3.68. The van der Waals surface area contributed by atoms with E-state index in [9.17, 15) is 4.79 Å². The van der Waals surface area contributed by atoms with Gasteiger partial charge in [-0.15, -0.1) is 0 Å². The maximum absolute atomic E-state index is 12.4. The number of nitrogens with two attached hydrogens (primary N) is 2. The molecule has 1 unspecified atom stereocenters. The highest BCUT2D eigenvalue weighted by Gasteiger charge is 2.45. The highest BCUT2D eigenvalue weighted by molar-refractivity contribution is 6.22. The lowest BCUT2D eigenvalue weighted by atomic mass is 10.0. The number of nitrogens with zero attached hydrogens (tertiary/aromatic N) is 1. The fourth-order valence-electron chi connectivity index (χ4n) is 3.68. The first-order valence-electron chi connectivity index (χ1n) is 11.2. The molecule has 0 heterocycles. The van der Waals surface area contributed by atoms with E-state index in [2.05, 4.69) is 37.1 Å². The van der Waals surface area contributed by atoms with Gasteiger partial charge in [-0.25, -0.2) is 4.79 Å². The molecule has 6 N–H and O–H groups in total.